The molecule has 2 N–H and O–H groups in total. The number of amides is 1. The van der Waals surface area contributed by atoms with Crippen LogP contribution in [-0.4, -0.2) is 43.7 Å². The number of nitrogens with one attached hydrogen (secondary N) is 2. The molecule has 0 saturated heterocycles. The van der Waals surface area contributed by atoms with Gasteiger partial charge in [-0.1, -0.05) is 12.1 Å². The number of halogens is 3. The Morgan fingerprint density at radius 1 is 1.24 bits per heavy atom. The van der Waals surface area contributed by atoms with Crippen molar-refractivity contribution in [3.8, 4) is 5.88 Å². The highest BCUT2D eigenvalue weighted by atomic mass is 32.2. The zero-order chi connectivity index (χ0) is 24.2. The van der Waals surface area contributed by atoms with E-state index in [0.29, 0.717) is 11.6 Å². The molecule has 33 heavy (non-hydrogen) atoms. The standard InChI is InChI=1S/C21H23F3N4O4S/c1-32-18-5-3-4-14(26-18)12-25-19-15(8-9-17(28-19)21(22,23)24)20(29)27-16(13-6-7-13)10-11-33(2,30)31/h3-5,8-11,13,16H,6-7,12H2,1-2H3,(H,25,28)(H,27,29)/b11-10+/t16-/m1/s1. The molecule has 12 heteroatoms. The van der Waals surface area contributed by atoms with E-state index in [1.54, 1.807) is 18.2 Å². The lowest BCUT2D eigenvalue weighted by Gasteiger charge is -2.17. The fourth-order valence-electron chi connectivity index (χ4n) is 3.01. The Morgan fingerprint density at radius 3 is 2.58 bits per heavy atom. The molecule has 0 radical (unpaired) electrons. The van der Waals surface area contributed by atoms with Crippen LogP contribution in [0.4, 0.5) is 19.0 Å². The summed E-state index contributed by atoms with van der Waals surface area (Å²) in [5.41, 5.74) is -0.799. The van der Waals surface area contributed by atoms with Crippen molar-refractivity contribution < 1.29 is 31.1 Å². The maximum absolute atomic E-state index is 13.2. The molecule has 1 aliphatic rings. The Kier molecular flexibility index (Phi) is 7.25. The molecule has 1 aliphatic carbocycles. The van der Waals surface area contributed by atoms with Gasteiger partial charge in [-0.05, 0) is 37.0 Å². The number of nitrogens with zero attached hydrogens (tertiary/aromatic N) is 2. The minimum Gasteiger partial charge on any atom is -0.481 e. The number of alkyl halides is 3. The topological polar surface area (TPSA) is 110 Å². The number of pyridine rings is 2. The number of carbonyl (C=O) groups excluding carboxylic acids is 1. The summed E-state index contributed by atoms with van der Waals surface area (Å²) >= 11 is 0. The third-order valence-electron chi connectivity index (χ3n) is 4.82. The molecule has 0 bridgehead atoms. The van der Waals surface area contributed by atoms with Gasteiger partial charge in [0.15, 0.2) is 9.84 Å². The van der Waals surface area contributed by atoms with Crippen molar-refractivity contribution in [3.05, 3.63) is 58.8 Å². The number of hydrogen-bond donors (Lipinski definition) is 2. The van der Waals surface area contributed by atoms with Crippen LogP contribution in [0.25, 0.3) is 0 Å². The van der Waals surface area contributed by atoms with E-state index in [-0.39, 0.29) is 23.8 Å². The second kappa shape index (κ2) is 9.77. The number of carbonyl (C=O) groups is 1. The van der Waals surface area contributed by atoms with Crippen molar-refractivity contribution in [2.24, 2.45) is 5.92 Å². The molecule has 3 rings (SSSR count). The predicted octanol–water partition coefficient (Wildman–Crippen LogP) is 3.18. The highest BCUT2D eigenvalue weighted by Gasteiger charge is 2.35. The van der Waals surface area contributed by atoms with Crippen LogP contribution in [0.15, 0.2) is 41.8 Å². The van der Waals surface area contributed by atoms with Crippen molar-refractivity contribution in [2.75, 3.05) is 18.7 Å². The predicted molar refractivity (Wildman–Crippen MR) is 115 cm³/mol. The number of sulfone groups is 1. The highest BCUT2D eigenvalue weighted by molar-refractivity contribution is 7.93. The normalized spacial score (nSPS) is 15.3. The molecule has 1 atom stereocenters. The second-order valence-electron chi connectivity index (χ2n) is 7.61. The van der Waals surface area contributed by atoms with Gasteiger partial charge in [-0.2, -0.15) is 13.2 Å². The molecular formula is C21H23F3N4O4S. The van der Waals surface area contributed by atoms with E-state index in [9.17, 15) is 26.4 Å². The summed E-state index contributed by atoms with van der Waals surface area (Å²) in [5, 5.41) is 6.45. The Morgan fingerprint density at radius 2 is 1.97 bits per heavy atom. The molecule has 2 aromatic heterocycles. The summed E-state index contributed by atoms with van der Waals surface area (Å²) in [5.74, 6) is -0.554. The van der Waals surface area contributed by atoms with Crippen LogP contribution in [0.2, 0.25) is 0 Å². The van der Waals surface area contributed by atoms with E-state index in [1.807, 2.05) is 0 Å². The second-order valence-corrected chi connectivity index (χ2v) is 9.54. The monoisotopic (exact) mass is 484 g/mol. The lowest BCUT2D eigenvalue weighted by atomic mass is 10.1. The Balaban J connectivity index is 1.86. The average Bonchev–Trinajstić information content (AvgIpc) is 3.59. The summed E-state index contributed by atoms with van der Waals surface area (Å²) in [7, 11) is -1.96. The van der Waals surface area contributed by atoms with Gasteiger partial charge in [0.2, 0.25) is 5.88 Å². The fourth-order valence-corrected chi connectivity index (χ4v) is 3.47. The van der Waals surface area contributed by atoms with Crippen LogP contribution in [-0.2, 0) is 22.6 Å². The van der Waals surface area contributed by atoms with E-state index >= 15 is 0 Å². The third-order valence-corrected chi connectivity index (χ3v) is 5.47. The summed E-state index contributed by atoms with van der Waals surface area (Å²) in [4.78, 5) is 20.7. The first-order chi connectivity index (χ1) is 15.5. The number of ether oxygens (including phenoxy) is 1. The Hall–Kier alpha value is -3.15. The van der Waals surface area contributed by atoms with Gasteiger partial charge in [0, 0.05) is 17.7 Å². The number of hydrogen-bond acceptors (Lipinski definition) is 7. The van der Waals surface area contributed by atoms with Gasteiger partial charge in [-0.3, -0.25) is 4.79 Å². The van der Waals surface area contributed by atoms with Crippen LogP contribution >= 0.6 is 0 Å². The molecule has 0 aliphatic heterocycles. The minimum atomic E-state index is -4.70. The molecule has 178 valence electrons. The van der Waals surface area contributed by atoms with E-state index in [1.165, 1.54) is 13.2 Å². The molecule has 8 nitrogen and oxygen atoms in total. The summed E-state index contributed by atoms with van der Waals surface area (Å²) in [6, 6.07) is 6.13. The lowest BCUT2D eigenvalue weighted by molar-refractivity contribution is -0.141. The summed E-state index contributed by atoms with van der Waals surface area (Å²) in [6.07, 6.45) is -0.679. The largest absolute Gasteiger partial charge is 0.481 e. The molecular weight excluding hydrogens is 461 g/mol. The van der Waals surface area contributed by atoms with Crippen molar-refractivity contribution in [1.82, 2.24) is 15.3 Å². The number of rotatable bonds is 9. The zero-order valence-electron chi connectivity index (χ0n) is 17.9. The first-order valence-corrected chi connectivity index (χ1v) is 11.9. The number of methoxy groups -OCH3 is 1. The van der Waals surface area contributed by atoms with E-state index in [4.69, 9.17) is 4.74 Å². The average molecular weight is 485 g/mol. The van der Waals surface area contributed by atoms with Crippen LogP contribution in [0.1, 0.15) is 34.6 Å². The van der Waals surface area contributed by atoms with Crippen LogP contribution in [0.5, 0.6) is 5.88 Å². The molecule has 1 saturated carbocycles. The SMILES string of the molecule is COc1cccc(CNc2nc(C(F)(F)F)ccc2C(=O)N[C@H](/C=C/S(C)(=O)=O)C2CC2)n1. The molecule has 2 heterocycles. The quantitative estimate of drug-likeness (QED) is 0.563. The maximum atomic E-state index is 13.2. The Labute approximate surface area is 189 Å². The number of aromatic nitrogens is 2. The lowest BCUT2D eigenvalue weighted by Crippen LogP contribution is -2.35. The van der Waals surface area contributed by atoms with Crippen molar-refractivity contribution in [3.63, 3.8) is 0 Å². The molecule has 0 spiro atoms. The van der Waals surface area contributed by atoms with Gasteiger partial charge >= 0.3 is 6.18 Å². The van der Waals surface area contributed by atoms with E-state index < -0.39 is 33.7 Å². The zero-order valence-corrected chi connectivity index (χ0v) is 18.7. The van der Waals surface area contributed by atoms with E-state index in [0.717, 1.165) is 36.6 Å². The van der Waals surface area contributed by atoms with Gasteiger partial charge in [0.25, 0.3) is 5.91 Å². The molecule has 0 aromatic carbocycles. The fraction of sp³-hybridized carbons (Fsp3) is 0.381. The van der Waals surface area contributed by atoms with Gasteiger partial charge in [-0.25, -0.2) is 18.4 Å². The first-order valence-electron chi connectivity index (χ1n) is 9.97. The minimum absolute atomic E-state index is 0.00811. The van der Waals surface area contributed by atoms with Crippen molar-refractivity contribution >= 4 is 21.6 Å². The van der Waals surface area contributed by atoms with Gasteiger partial charge in [0.05, 0.1) is 31.0 Å². The smallest absolute Gasteiger partial charge is 0.433 e. The Bertz CT molecular complexity index is 1150. The molecule has 1 amide bonds. The molecule has 0 unspecified atom stereocenters. The highest BCUT2D eigenvalue weighted by Crippen LogP contribution is 2.34. The van der Waals surface area contributed by atoms with Gasteiger partial charge in [0.1, 0.15) is 11.5 Å². The van der Waals surface area contributed by atoms with Crippen LogP contribution in [0, 0.1) is 5.92 Å². The first kappa shape index (κ1) is 24.5. The maximum Gasteiger partial charge on any atom is 0.433 e. The number of anilines is 1. The molecule has 1 fully saturated rings. The third kappa shape index (κ3) is 7.17. The van der Waals surface area contributed by atoms with Gasteiger partial charge < -0.3 is 15.4 Å². The van der Waals surface area contributed by atoms with E-state index in [2.05, 4.69) is 20.6 Å². The molecule has 2 aromatic rings. The van der Waals surface area contributed by atoms with Crippen LogP contribution in [0.3, 0.4) is 0 Å². The van der Waals surface area contributed by atoms with Crippen molar-refractivity contribution in [2.45, 2.75) is 31.6 Å². The summed E-state index contributed by atoms with van der Waals surface area (Å²) in [6.45, 7) is -0.00811. The van der Waals surface area contributed by atoms with Gasteiger partial charge in [-0.15, -0.1) is 0 Å². The summed E-state index contributed by atoms with van der Waals surface area (Å²) < 4.78 is 67.6. The van der Waals surface area contributed by atoms with Crippen molar-refractivity contribution in [1.29, 1.82) is 0 Å². The van der Waals surface area contributed by atoms with Crippen LogP contribution < -0.4 is 15.4 Å².